The molecule has 6 aromatic rings. The first-order valence-electron chi connectivity index (χ1n) is 14.1. The highest BCUT2D eigenvalue weighted by atomic mass is 35.5. The number of halogens is 13. The lowest BCUT2D eigenvalue weighted by molar-refractivity contribution is 0.355. The molecule has 3 aromatic heterocycles. The zero-order chi connectivity index (χ0) is 39.9. The summed E-state index contributed by atoms with van der Waals surface area (Å²) in [6, 6.07) is 5.37. The topological polar surface area (TPSA) is 105 Å². The zero-order valence-corrected chi connectivity index (χ0v) is 28.8. The van der Waals surface area contributed by atoms with E-state index in [-0.39, 0.29) is 39.1 Å². The molecule has 0 bridgehead atoms. The molecule has 0 atom stereocenters. The van der Waals surface area contributed by atoms with Crippen LogP contribution in [0.15, 0.2) is 55.0 Å². The van der Waals surface area contributed by atoms with Gasteiger partial charge in [0.05, 0.1) is 0 Å². The first-order valence-corrected chi connectivity index (χ1v) is 15.2. The Morgan fingerprint density at radius 3 is 1.20 bits per heavy atom. The van der Waals surface area contributed by atoms with E-state index in [9.17, 15) is 43.9 Å². The van der Waals surface area contributed by atoms with Gasteiger partial charge in [-0.15, -0.1) is 0 Å². The summed E-state index contributed by atoms with van der Waals surface area (Å²) >= 11 is 16.4. The third kappa shape index (κ3) is 10.3. The van der Waals surface area contributed by atoms with Crippen molar-refractivity contribution >= 4 is 34.8 Å². The van der Waals surface area contributed by atoms with Crippen LogP contribution in [0.1, 0.15) is 11.1 Å². The van der Waals surface area contributed by atoms with E-state index in [1.54, 1.807) is 0 Å². The van der Waals surface area contributed by atoms with Gasteiger partial charge < -0.3 is 14.2 Å². The Morgan fingerprint density at radius 2 is 0.815 bits per heavy atom. The SMILES string of the molecule is Cc1c(F)c(F)c(Oc2ccnc(Cl)n2)c(F)c1F.Cc1cc(F)c(F)c(Oc2ccnc(Cl)n2)c1F.Fc1cc(F)c(Oc2ccnc(Cl)n2)c(F)c1. The third-order valence-electron chi connectivity index (χ3n) is 6.13. The molecule has 282 valence electrons. The Balaban J connectivity index is 0.000000181. The van der Waals surface area contributed by atoms with Gasteiger partial charge in [-0.2, -0.15) is 28.1 Å². The molecule has 22 heteroatoms. The van der Waals surface area contributed by atoms with E-state index in [1.165, 1.54) is 31.5 Å². The van der Waals surface area contributed by atoms with E-state index in [2.05, 4.69) is 34.6 Å². The van der Waals surface area contributed by atoms with Gasteiger partial charge >= 0.3 is 0 Å². The summed E-state index contributed by atoms with van der Waals surface area (Å²) in [4.78, 5) is 21.3. The molecule has 0 fully saturated rings. The van der Waals surface area contributed by atoms with Crippen molar-refractivity contribution in [3.63, 3.8) is 0 Å². The maximum atomic E-state index is 13.6. The van der Waals surface area contributed by atoms with Gasteiger partial charge in [-0.05, 0) is 60.3 Å². The molecular formula is C32H15Cl3F10N6O3. The Hall–Kier alpha value is -5.53. The van der Waals surface area contributed by atoms with Crippen LogP contribution in [0.5, 0.6) is 34.9 Å². The molecule has 0 N–H and O–H groups in total. The molecule has 3 heterocycles. The quantitative estimate of drug-likeness (QED) is 0.0922. The molecule has 0 spiro atoms. The lowest BCUT2D eigenvalue weighted by Gasteiger charge is -2.10. The van der Waals surface area contributed by atoms with Crippen LogP contribution >= 0.6 is 34.8 Å². The zero-order valence-electron chi connectivity index (χ0n) is 26.5. The second-order valence-corrected chi connectivity index (χ2v) is 10.9. The minimum atomic E-state index is -1.65. The number of ether oxygens (including phenoxy) is 3. The molecule has 0 unspecified atom stereocenters. The van der Waals surface area contributed by atoms with Crippen molar-refractivity contribution in [1.82, 2.24) is 29.9 Å². The highest BCUT2D eigenvalue weighted by Gasteiger charge is 2.25. The number of rotatable bonds is 6. The van der Waals surface area contributed by atoms with Crippen LogP contribution in [-0.2, 0) is 0 Å². The summed E-state index contributed by atoms with van der Waals surface area (Å²) in [7, 11) is 0. The van der Waals surface area contributed by atoms with Gasteiger partial charge in [0.2, 0.25) is 68.2 Å². The van der Waals surface area contributed by atoms with Crippen molar-refractivity contribution in [3.8, 4) is 34.9 Å². The van der Waals surface area contributed by atoms with Gasteiger partial charge in [0.25, 0.3) is 0 Å². The third-order valence-corrected chi connectivity index (χ3v) is 6.67. The molecule has 0 saturated heterocycles. The van der Waals surface area contributed by atoms with E-state index >= 15 is 0 Å². The van der Waals surface area contributed by atoms with Crippen molar-refractivity contribution < 1.29 is 58.1 Å². The predicted molar refractivity (Wildman–Crippen MR) is 170 cm³/mol. The molecule has 0 aliphatic heterocycles. The smallest absolute Gasteiger partial charge is 0.225 e. The van der Waals surface area contributed by atoms with E-state index < -0.39 is 81.0 Å². The van der Waals surface area contributed by atoms with Crippen LogP contribution < -0.4 is 14.2 Å². The minimum Gasteiger partial charge on any atom is -0.433 e. The fourth-order valence-corrected chi connectivity index (χ4v) is 4.09. The van der Waals surface area contributed by atoms with Gasteiger partial charge in [0, 0.05) is 54.5 Å². The normalized spacial score (nSPS) is 10.5. The molecule has 6 rings (SSSR count). The molecule has 0 amide bonds. The number of hydrogen-bond acceptors (Lipinski definition) is 9. The molecule has 3 aromatic carbocycles. The van der Waals surface area contributed by atoms with E-state index in [0.29, 0.717) is 12.1 Å². The lowest BCUT2D eigenvalue weighted by Crippen LogP contribution is -2.04. The average molecular weight is 828 g/mol. The lowest BCUT2D eigenvalue weighted by atomic mass is 10.2. The molecular weight excluding hydrogens is 813 g/mol. The monoisotopic (exact) mass is 826 g/mol. The van der Waals surface area contributed by atoms with E-state index in [0.717, 1.165) is 25.3 Å². The largest absolute Gasteiger partial charge is 0.433 e. The van der Waals surface area contributed by atoms with Gasteiger partial charge in [-0.1, -0.05) is 0 Å². The predicted octanol–water partition coefficient (Wildman–Crippen LogP) is 10.8. The first kappa shape index (κ1) is 41.2. The van der Waals surface area contributed by atoms with Gasteiger partial charge in [-0.3, -0.25) is 0 Å². The summed E-state index contributed by atoms with van der Waals surface area (Å²) in [5, 5.41) is -0.529. The molecule has 0 aliphatic carbocycles. The molecule has 54 heavy (non-hydrogen) atoms. The number of aromatic nitrogens is 6. The first-order chi connectivity index (χ1) is 25.5. The second-order valence-electron chi connectivity index (χ2n) is 9.84. The molecule has 0 aliphatic rings. The van der Waals surface area contributed by atoms with Gasteiger partial charge in [0.15, 0.2) is 34.9 Å². The van der Waals surface area contributed by atoms with Crippen LogP contribution in [-0.4, -0.2) is 29.9 Å². The molecule has 0 saturated carbocycles. The standard InChI is InChI=1S/C11H5ClF4N2O.C11H6ClF3N2O.C10H4ClF3N2O/c1-4-6(13)8(15)10(9(16)7(4)14)19-5-2-3-17-11(12)18-5;1-5-4-6(13)9(15)10(8(5)14)18-7-2-3-16-11(12)17-7;11-10-15-2-1-8(16-10)17-9-6(13)3-5(12)4-7(9)14/h2-3H,1H3;2-4H,1H3;1-4H. The van der Waals surface area contributed by atoms with Crippen LogP contribution in [0.3, 0.4) is 0 Å². The summed E-state index contributed by atoms with van der Waals surface area (Å²) in [6.07, 6.45) is 3.65. The van der Waals surface area contributed by atoms with E-state index in [4.69, 9.17) is 44.3 Å². The van der Waals surface area contributed by atoms with Crippen molar-refractivity contribution in [1.29, 1.82) is 0 Å². The van der Waals surface area contributed by atoms with Crippen LogP contribution in [0.2, 0.25) is 15.9 Å². The van der Waals surface area contributed by atoms with Crippen molar-refractivity contribution in [2.75, 3.05) is 0 Å². The number of aryl methyl sites for hydroxylation is 1. The fraction of sp³-hybridized carbons (Fsp3) is 0.0625. The Kier molecular flexibility index (Phi) is 13.7. The Labute approximate surface area is 311 Å². The molecule has 0 radical (unpaired) electrons. The summed E-state index contributed by atoms with van der Waals surface area (Å²) in [5.74, 6) is -16.9. The minimum absolute atomic E-state index is 0.0796. The second kappa shape index (κ2) is 18.0. The Bertz CT molecular complexity index is 2250. The summed E-state index contributed by atoms with van der Waals surface area (Å²) < 4.78 is 147. The number of hydrogen-bond donors (Lipinski definition) is 0. The Morgan fingerprint density at radius 1 is 0.444 bits per heavy atom. The van der Waals surface area contributed by atoms with Crippen LogP contribution in [0, 0.1) is 72.0 Å². The van der Waals surface area contributed by atoms with Crippen molar-refractivity contribution in [2.24, 2.45) is 0 Å². The van der Waals surface area contributed by atoms with Crippen LogP contribution in [0.25, 0.3) is 0 Å². The van der Waals surface area contributed by atoms with Gasteiger partial charge in [0.1, 0.15) is 5.82 Å². The van der Waals surface area contributed by atoms with Gasteiger partial charge in [-0.25, -0.2) is 45.7 Å². The highest BCUT2D eigenvalue weighted by molar-refractivity contribution is 6.28. The van der Waals surface area contributed by atoms with Crippen molar-refractivity contribution in [3.05, 3.63) is 140 Å². The van der Waals surface area contributed by atoms with Crippen LogP contribution in [0.4, 0.5) is 43.9 Å². The number of nitrogens with zero attached hydrogens (tertiary/aromatic N) is 6. The average Bonchev–Trinajstić information content (AvgIpc) is 3.11. The maximum absolute atomic E-state index is 13.6. The van der Waals surface area contributed by atoms with E-state index in [1.807, 2.05) is 0 Å². The van der Waals surface area contributed by atoms with Crippen molar-refractivity contribution in [2.45, 2.75) is 13.8 Å². The highest BCUT2D eigenvalue weighted by Crippen LogP contribution is 2.33. The summed E-state index contributed by atoms with van der Waals surface area (Å²) in [6.45, 7) is 2.19. The maximum Gasteiger partial charge on any atom is 0.225 e. The fourth-order valence-electron chi connectivity index (χ4n) is 3.67. The molecule has 9 nitrogen and oxygen atoms in total. The summed E-state index contributed by atoms with van der Waals surface area (Å²) in [5.41, 5.74) is -0.855. The number of benzene rings is 3.